The molecule has 1 fully saturated rings. The quantitative estimate of drug-likeness (QED) is 0.453. The van der Waals surface area contributed by atoms with Crippen molar-refractivity contribution >= 4 is 22.7 Å². The first-order valence-electron chi connectivity index (χ1n) is 11.8. The van der Waals surface area contributed by atoms with Gasteiger partial charge in [-0.2, -0.15) is 0 Å². The summed E-state index contributed by atoms with van der Waals surface area (Å²) in [5.41, 5.74) is 3.72. The minimum atomic E-state index is -0.202. The Kier molecular flexibility index (Phi) is 6.55. The van der Waals surface area contributed by atoms with Gasteiger partial charge in [0.15, 0.2) is 0 Å². The number of hydrogen-bond acceptors (Lipinski definition) is 4. The normalized spacial score (nSPS) is 17.5. The summed E-state index contributed by atoms with van der Waals surface area (Å²) in [5, 5.41) is 3.94. The Labute approximate surface area is 204 Å². The van der Waals surface area contributed by atoms with E-state index in [4.69, 9.17) is 4.74 Å². The van der Waals surface area contributed by atoms with E-state index in [1.807, 2.05) is 83.8 Å². The van der Waals surface area contributed by atoms with Crippen LogP contribution < -0.4 is 5.32 Å². The van der Waals surface area contributed by atoms with Crippen LogP contribution in [0.25, 0.3) is 22.0 Å². The number of pyridine rings is 1. The maximum atomic E-state index is 13.8. The van der Waals surface area contributed by atoms with Crippen molar-refractivity contribution in [1.29, 1.82) is 0 Å². The first-order valence-corrected chi connectivity index (χ1v) is 11.8. The van der Waals surface area contributed by atoms with Crippen molar-refractivity contribution in [2.45, 2.75) is 18.6 Å². The second-order valence-corrected chi connectivity index (χ2v) is 8.71. The second-order valence-electron chi connectivity index (χ2n) is 8.71. The summed E-state index contributed by atoms with van der Waals surface area (Å²) >= 11 is 0. The fourth-order valence-corrected chi connectivity index (χ4v) is 4.77. The van der Waals surface area contributed by atoms with Gasteiger partial charge in [-0.3, -0.25) is 14.6 Å². The van der Waals surface area contributed by atoms with Gasteiger partial charge in [0.1, 0.15) is 0 Å². The Morgan fingerprint density at radius 3 is 2.51 bits per heavy atom. The van der Waals surface area contributed by atoms with E-state index in [9.17, 15) is 9.59 Å². The van der Waals surface area contributed by atoms with Crippen LogP contribution in [0.15, 0.2) is 91.1 Å². The first-order chi connectivity index (χ1) is 17.2. The van der Waals surface area contributed by atoms with Gasteiger partial charge in [-0.15, -0.1) is 0 Å². The van der Waals surface area contributed by atoms with Crippen molar-refractivity contribution in [3.63, 3.8) is 0 Å². The van der Waals surface area contributed by atoms with Gasteiger partial charge >= 0.3 is 0 Å². The number of amides is 2. The monoisotopic (exact) mass is 465 g/mol. The smallest absolute Gasteiger partial charge is 0.254 e. The maximum Gasteiger partial charge on any atom is 0.254 e. The lowest BCUT2D eigenvalue weighted by Crippen LogP contribution is -2.43. The van der Waals surface area contributed by atoms with E-state index < -0.39 is 0 Å². The number of para-hydroxylation sites is 1. The van der Waals surface area contributed by atoms with Crippen molar-refractivity contribution in [2.75, 3.05) is 20.2 Å². The lowest BCUT2D eigenvalue weighted by atomic mass is 9.98. The largest absolute Gasteiger partial charge is 0.380 e. The van der Waals surface area contributed by atoms with Crippen LogP contribution in [0.5, 0.6) is 0 Å². The number of carbonyl (C=O) groups excluding carboxylic acids is 2. The van der Waals surface area contributed by atoms with E-state index in [1.165, 1.54) is 0 Å². The predicted molar refractivity (Wildman–Crippen MR) is 136 cm³/mol. The average Bonchev–Trinajstić information content (AvgIpc) is 3.35. The SMILES string of the molecule is COC1C[C@@H](CNC(=O)c2cccc3cccnc23)N(C(=O)c2ccccc2-c2ccccc2)C1. The van der Waals surface area contributed by atoms with E-state index in [-0.39, 0.29) is 24.0 Å². The zero-order valence-electron chi connectivity index (χ0n) is 19.6. The number of ether oxygens (including phenoxy) is 1. The molecule has 2 amide bonds. The van der Waals surface area contributed by atoms with Crippen molar-refractivity contribution < 1.29 is 14.3 Å². The van der Waals surface area contributed by atoms with Gasteiger partial charge in [0, 0.05) is 37.3 Å². The van der Waals surface area contributed by atoms with Gasteiger partial charge in [0.05, 0.1) is 23.2 Å². The summed E-state index contributed by atoms with van der Waals surface area (Å²) in [4.78, 5) is 33.0. The van der Waals surface area contributed by atoms with Gasteiger partial charge < -0.3 is 15.0 Å². The summed E-state index contributed by atoms with van der Waals surface area (Å²) in [6, 6.07) is 26.7. The molecule has 0 radical (unpaired) electrons. The maximum absolute atomic E-state index is 13.8. The summed E-state index contributed by atoms with van der Waals surface area (Å²) in [5.74, 6) is -0.262. The first kappa shape index (κ1) is 22.7. The van der Waals surface area contributed by atoms with Crippen LogP contribution in [0.1, 0.15) is 27.1 Å². The molecular weight excluding hydrogens is 438 g/mol. The van der Waals surface area contributed by atoms with E-state index in [1.54, 1.807) is 19.4 Å². The fraction of sp³-hybridized carbons (Fsp3) is 0.207. The number of nitrogens with zero attached hydrogens (tertiary/aromatic N) is 2. The molecule has 3 aromatic carbocycles. The van der Waals surface area contributed by atoms with E-state index in [0.29, 0.717) is 36.2 Å². The molecular formula is C29H27N3O3. The minimum absolute atomic E-state index is 0.0601. The van der Waals surface area contributed by atoms with Gasteiger partial charge in [0.2, 0.25) is 0 Å². The molecule has 4 aromatic rings. The summed E-state index contributed by atoms with van der Waals surface area (Å²) < 4.78 is 5.61. The highest BCUT2D eigenvalue weighted by molar-refractivity contribution is 6.05. The Hall–Kier alpha value is -4.03. The van der Waals surface area contributed by atoms with Gasteiger partial charge in [-0.05, 0) is 35.7 Å². The van der Waals surface area contributed by atoms with Gasteiger partial charge in [-0.25, -0.2) is 0 Å². The summed E-state index contributed by atoms with van der Waals surface area (Å²) in [7, 11) is 1.66. The molecule has 5 rings (SSSR count). The molecule has 2 atom stereocenters. The zero-order valence-corrected chi connectivity index (χ0v) is 19.6. The molecule has 176 valence electrons. The Bertz CT molecular complexity index is 1350. The van der Waals surface area contributed by atoms with E-state index >= 15 is 0 Å². The number of carbonyl (C=O) groups is 2. The molecule has 0 saturated carbocycles. The van der Waals surface area contributed by atoms with Crippen LogP contribution in [0.4, 0.5) is 0 Å². The number of fused-ring (bicyclic) bond motifs is 1. The lowest BCUT2D eigenvalue weighted by Gasteiger charge is -2.26. The molecule has 1 aliphatic heterocycles. The molecule has 1 saturated heterocycles. The third kappa shape index (κ3) is 4.66. The molecule has 1 unspecified atom stereocenters. The van der Waals surface area contributed by atoms with Crippen LogP contribution in [-0.4, -0.2) is 54.0 Å². The highest BCUT2D eigenvalue weighted by Crippen LogP contribution is 2.28. The van der Waals surface area contributed by atoms with Gasteiger partial charge in [0.25, 0.3) is 11.8 Å². The minimum Gasteiger partial charge on any atom is -0.380 e. The molecule has 1 aliphatic rings. The van der Waals surface area contributed by atoms with Crippen molar-refractivity contribution in [3.05, 3.63) is 102 Å². The third-order valence-electron chi connectivity index (χ3n) is 6.59. The standard InChI is InChI=1S/C29H27N3O3/c1-35-23-17-22(18-31-28(33)26-15-7-11-21-12-8-16-30-27(21)26)32(19-23)29(34)25-14-6-5-13-24(25)20-9-3-2-4-10-20/h2-16,22-23H,17-19H2,1H3,(H,31,33)/t22-,23?/m0/s1. The number of rotatable bonds is 6. The third-order valence-corrected chi connectivity index (χ3v) is 6.59. The number of nitrogens with one attached hydrogen (secondary N) is 1. The highest BCUT2D eigenvalue weighted by Gasteiger charge is 2.36. The molecule has 1 N–H and O–H groups in total. The molecule has 1 aromatic heterocycles. The Morgan fingerprint density at radius 1 is 0.943 bits per heavy atom. The van der Waals surface area contributed by atoms with Crippen molar-refractivity contribution in [2.24, 2.45) is 0 Å². The zero-order chi connectivity index (χ0) is 24.2. The second kappa shape index (κ2) is 10.1. The number of likely N-dealkylation sites (tertiary alicyclic amines) is 1. The number of benzene rings is 3. The molecule has 0 spiro atoms. The summed E-state index contributed by atoms with van der Waals surface area (Å²) in [6.07, 6.45) is 2.26. The van der Waals surface area contributed by atoms with E-state index in [2.05, 4.69) is 10.3 Å². The van der Waals surface area contributed by atoms with Crippen LogP contribution in [-0.2, 0) is 4.74 Å². The summed E-state index contributed by atoms with van der Waals surface area (Å²) in [6.45, 7) is 0.815. The molecule has 2 heterocycles. The van der Waals surface area contributed by atoms with Crippen molar-refractivity contribution in [1.82, 2.24) is 15.2 Å². The molecule has 35 heavy (non-hydrogen) atoms. The Morgan fingerprint density at radius 2 is 1.69 bits per heavy atom. The number of aromatic nitrogens is 1. The molecule has 0 bridgehead atoms. The van der Waals surface area contributed by atoms with Crippen LogP contribution in [0.3, 0.4) is 0 Å². The fourth-order valence-electron chi connectivity index (χ4n) is 4.77. The van der Waals surface area contributed by atoms with Gasteiger partial charge in [-0.1, -0.05) is 66.7 Å². The molecule has 6 nitrogen and oxygen atoms in total. The van der Waals surface area contributed by atoms with E-state index in [0.717, 1.165) is 16.5 Å². The lowest BCUT2D eigenvalue weighted by molar-refractivity contribution is 0.0683. The predicted octanol–water partition coefficient (Wildman–Crippen LogP) is 4.56. The average molecular weight is 466 g/mol. The topological polar surface area (TPSA) is 71.5 Å². The number of hydrogen-bond donors (Lipinski definition) is 1. The molecule has 6 heteroatoms. The highest BCUT2D eigenvalue weighted by atomic mass is 16.5. The van der Waals surface area contributed by atoms with Crippen LogP contribution >= 0.6 is 0 Å². The molecule has 0 aliphatic carbocycles. The van der Waals surface area contributed by atoms with Crippen LogP contribution in [0.2, 0.25) is 0 Å². The van der Waals surface area contributed by atoms with Crippen LogP contribution in [0, 0.1) is 0 Å². The van der Waals surface area contributed by atoms with Crippen molar-refractivity contribution in [3.8, 4) is 11.1 Å². The Balaban J connectivity index is 1.37. The number of methoxy groups -OCH3 is 1.